The van der Waals surface area contributed by atoms with Gasteiger partial charge in [-0.25, -0.2) is 0 Å². The molecule has 0 spiro atoms. The molecule has 4 aliphatic carbocycles. The Morgan fingerprint density at radius 2 is 0.958 bits per heavy atom. The van der Waals surface area contributed by atoms with Gasteiger partial charge in [0.05, 0.1) is 67.0 Å². The SMILES string of the molecule is CC1CC(=N)NC2(CCCCC(C(CC34NC(=N)CC(C)C3C4Cl)C34NC(=N)CC(C)C3C4Cl)C34NC(=N)CC(C)C3C4Cl)C(Cl)C12.Cl. The van der Waals surface area contributed by atoms with Crippen LogP contribution in [0.15, 0.2) is 0 Å². The molecular formula is C35H53Cl5N8. The van der Waals surface area contributed by atoms with Crippen LogP contribution in [0.4, 0.5) is 0 Å². The molecule has 4 aliphatic heterocycles. The molecule has 8 N–H and O–H groups in total. The van der Waals surface area contributed by atoms with Gasteiger partial charge in [-0.3, -0.25) is 21.6 Å². The molecule has 8 rings (SSSR count). The number of amidine groups is 4. The summed E-state index contributed by atoms with van der Waals surface area (Å²) >= 11 is 29.0. The van der Waals surface area contributed by atoms with E-state index >= 15 is 0 Å². The molecule has 8 nitrogen and oxygen atoms in total. The summed E-state index contributed by atoms with van der Waals surface area (Å²) in [6.45, 7) is 8.95. The van der Waals surface area contributed by atoms with Gasteiger partial charge in [-0.05, 0) is 54.8 Å². The predicted molar refractivity (Wildman–Crippen MR) is 199 cm³/mol. The summed E-state index contributed by atoms with van der Waals surface area (Å²) < 4.78 is 0. The Balaban J connectivity index is 0.00000364. The van der Waals surface area contributed by atoms with Crippen molar-refractivity contribution >= 4 is 82.2 Å². The van der Waals surface area contributed by atoms with E-state index < -0.39 is 11.1 Å². The Morgan fingerprint density at radius 3 is 1.48 bits per heavy atom. The van der Waals surface area contributed by atoms with Gasteiger partial charge in [-0.1, -0.05) is 40.5 Å². The van der Waals surface area contributed by atoms with Gasteiger partial charge in [0.1, 0.15) is 0 Å². The highest BCUT2D eigenvalue weighted by atomic mass is 35.5. The van der Waals surface area contributed by atoms with Gasteiger partial charge in [0.2, 0.25) is 0 Å². The van der Waals surface area contributed by atoms with Crippen LogP contribution in [0.5, 0.6) is 0 Å². The normalized spacial score (nSPS) is 53.5. The van der Waals surface area contributed by atoms with Gasteiger partial charge in [-0.15, -0.1) is 58.8 Å². The van der Waals surface area contributed by atoms with Crippen molar-refractivity contribution in [1.29, 1.82) is 21.6 Å². The fourth-order valence-electron chi connectivity index (χ4n) is 12.7. The standard InChI is InChI=1S/C35H52Cl4N8.ClH/c1-14-9-20(40)44-32(24(14)28(32)36)8-6-5-7-18(34-26(30(34)38)16(3)11-22(42)46-34)19(35-27(31(35)39)17(4)12-23(43)47-35)13-33-25(29(33)37)15(2)10-21(41)45-33;/h14-19,24-31H,5-13H2,1-4H3,(H2,40,44)(H2,41,45)(H2,42,46)(H2,43,47);1H. The Hall–Kier alpha value is -0.670. The number of nitrogens with one attached hydrogen (secondary N) is 8. The molecule has 48 heavy (non-hydrogen) atoms. The molecule has 13 heteroatoms. The van der Waals surface area contributed by atoms with Gasteiger partial charge in [0.15, 0.2) is 0 Å². The number of hydrogen-bond acceptors (Lipinski definition) is 4. The third-order valence-corrected chi connectivity index (χ3v) is 17.3. The van der Waals surface area contributed by atoms with E-state index in [9.17, 15) is 0 Å². The summed E-state index contributed by atoms with van der Waals surface area (Å²) in [6.07, 6.45) is 7.49. The Labute approximate surface area is 311 Å². The predicted octanol–water partition coefficient (Wildman–Crippen LogP) is 6.92. The van der Waals surface area contributed by atoms with Crippen molar-refractivity contribution in [2.75, 3.05) is 0 Å². The van der Waals surface area contributed by atoms with Crippen molar-refractivity contribution in [2.45, 2.75) is 129 Å². The van der Waals surface area contributed by atoms with Crippen LogP contribution >= 0.6 is 58.8 Å². The molecule has 0 radical (unpaired) electrons. The van der Waals surface area contributed by atoms with Crippen LogP contribution in [0.25, 0.3) is 0 Å². The Bertz CT molecular complexity index is 1410. The highest BCUT2D eigenvalue weighted by molar-refractivity contribution is 6.26. The van der Waals surface area contributed by atoms with Gasteiger partial charge < -0.3 is 21.3 Å². The van der Waals surface area contributed by atoms with Crippen molar-refractivity contribution in [3.8, 4) is 0 Å². The van der Waals surface area contributed by atoms with Crippen molar-refractivity contribution < 1.29 is 0 Å². The molecule has 18 unspecified atom stereocenters. The lowest BCUT2D eigenvalue weighted by Crippen LogP contribution is -2.60. The molecule has 0 aromatic carbocycles. The topological polar surface area (TPSA) is 144 Å². The highest BCUT2D eigenvalue weighted by Gasteiger charge is 2.81. The number of alkyl halides is 4. The Morgan fingerprint density at radius 1 is 0.562 bits per heavy atom. The van der Waals surface area contributed by atoms with Crippen LogP contribution in [-0.2, 0) is 0 Å². The van der Waals surface area contributed by atoms with Gasteiger partial charge in [0.25, 0.3) is 0 Å². The number of hydrogen-bond donors (Lipinski definition) is 8. The summed E-state index contributed by atoms with van der Waals surface area (Å²) in [5, 5.41) is 49.4. The summed E-state index contributed by atoms with van der Waals surface area (Å²) in [5.74, 6) is 4.96. The van der Waals surface area contributed by atoms with E-state index in [4.69, 9.17) is 68.0 Å². The molecule has 18 atom stereocenters. The molecule has 268 valence electrons. The molecule has 4 heterocycles. The van der Waals surface area contributed by atoms with Crippen LogP contribution in [-0.4, -0.2) is 67.0 Å². The van der Waals surface area contributed by atoms with Crippen molar-refractivity contribution in [1.82, 2.24) is 21.3 Å². The molecule has 4 saturated carbocycles. The first kappa shape index (κ1) is 35.7. The summed E-state index contributed by atoms with van der Waals surface area (Å²) in [4.78, 5) is 0. The van der Waals surface area contributed by atoms with Crippen molar-refractivity contribution in [3.63, 3.8) is 0 Å². The number of halogens is 5. The second-order valence-corrected chi connectivity index (χ2v) is 19.3. The lowest BCUT2D eigenvalue weighted by atomic mass is 9.67. The fourth-order valence-corrected chi connectivity index (χ4v) is 15.6. The second kappa shape index (κ2) is 11.7. The average molecular weight is 763 g/mol. The maximum Gasteiger partial charge on any atom is 0.0939 e. The molecule has 0 bridgehead atoms. The van der Waals surface area contributed by atoms with E-state index in [1.165, 1.54) is 0 Å². The maximum absolute atomic E-state index is 8.92. The van der Waals surface area contributed by atoms with Gasteiger partial charge >= 0.3 is 0 Å². The number of rotatable bonds is 10. The van der Waals surface area contributed by atoms with Crippen molar-refractivity contribution in [2.24, 2.45) is 59.2 Å². The Kier molecular flexibility index (Phi) is 8.68. The van der Waals surface area contributed by atoms with Crippen LogP contribution in [0.1, 0.15) is 85.5 Å². The van der Waals surface area contributed by atoms with E-state index in [0.29, 0.717) is 65.8 Å². The zero-order valence-electron chi connectivity index (χ0n) is 28.4. The molecule has 8 aliphatic rings. The summed E-state index contributed by atoms with van der Waals surface area (Å²) in [7, 11) is 0. The molecule has 0 amide bonds. The third kappa shape index (κ3) is 4.79. The minimum absolute atomic E-state index is 0. The minimum atomic E-state index is -0.454. The quantitative estimate of drug-likeness (QED) is 0.0903. The fraction of sp³-hybridized carbons (Fsp3) is 0.886. The second-order valence-electron chi connectivity index (χ2n) is 17.5. The van der Waals surface area contributed by atoms with E-state index in [1.807, 2.05) is 0 Å². The monoisotopic (exact) mass is 760 g/mol. The molecular weight excluding hydrogens is 710 g/mol. The number of piperidine rings is 4. The van der Waals surface area contributed by atoms with Gasteiger partial charge in [0, 0.05) is 49.4 Å². The molecule has 0 aromatic rings. The van der Waals surface area contributed by atoms with Gasteiger partial charge in [-0.2, -0.15) is 0 Å². The zero-order chi connectivity index (χ0) is 33.6. The lowest BCUT2D eigenvalue weighted by Gasteiger charge is -2.47. The largest absolute Gasteiger partial charge is 0.367 e. The number of fused-ring (bicyclic) bond motifs is 4. The van der Waals surface area contributed by atoms with E-state index in [0.717, 1.165) is 44.9 Å². The van der Waals surface area contributed by atoms with Crippen LogP contribution in [0.2, 0.25) is 0 Å². The van der Waals surface area contributed by atoms with Crippen LogP contribution < -0.4 is 21.3 Å². The smallest absolute Gasteiger partial charge is 0.0939 e. The summed E-state index contributed by atoms with van der Waals surface area (Å²) in [5.41, 5.74) is -1.43. The first-order chi connectivity index (χ1) is 22.2. The molecule has 8 fully saturated rings. The third-order valence-electron chi connectivity index (χ3n) is 14.7. The molecule has 4 saturated heterocycles. The number of unbranched alkanes of at least 4 members (excludes halogenated alkanes) is 1. The molecule has 0 aromatic heterocycles. The maximum atomic E-state index is 8.92. The van der Waals surface area contributed by atoms with E-state index in [-0.39, 0.29) is 74.6 Å². The minimum Gasteiger partial charge on any atom is -0.367 e. The van der Waals surface area contributed by atoms with Crippen LogP contribution in [0.3, 0.4) is 0 Å². The van der Waals surface area contributed by atoms with E-state index in [1.54, 1.807) is 0 Å². The van der Waals surface area contributed by atoms with Crippen LogP contribution in [0, 0.1) is 80.8 Å². The zero-order valence-corrected chi connectivity index (χ0v) is 32.2. The van der Waals surface area contributed by atoms with Crippen molar-refractivity contribution in [3.05, 3.63) is 0 Å². The highest BCUT2D eigenvalue weighted by Crippen LogP contribution is 2.71. The average Bonchev–Trinajstić information content (AvgIpc) is 3.93. The lowest BCUT2D eigenvalue weighted by molar-refractivity contribution is 0.111. The first-order valence-corrected chi connectivity index (χ1v) is 19.9. The first-order valence-electron chi connectivity index (χ1n) is 18.1. The summed E-state index contributed by atoms with van der Waals surface area (Å²) in [6, 6.07) is 0. The van der Waals surface area contributed by atoms with E-state index in [2.05, 4.69) is 49.0 Å².